The molecule has 6 heteroatoms. The van der Waals surface area contributed by atoms with Gasteiger partial charge < -0.3 is 14.8 Å². The van der Waals surface area contributed by atoms with Crippen LogP contribution in [0.1, 0.15) is 17.3 Å². The van der Waals surface area contributed by atoms with Crippen LogP contribution in [0.25, 0.3) is 0 Å². The third-order valence-corrected chi connectivity index (χ3v) is 3.26. The highest BCUT2D eigenvalue weighted by Gasteiger charge is 2.13. The number of ether oxygens (including phenoxy) is 2. The van der Waals surface area contributed by atoms with Gasteiger partial charge in [-0.25, -0.2) is 0 Å². The number of Topliss-reactive ketones (excluding diaryl/α,β-unsaturated/α-hetero) is 1. The highest BCUT2D eigenvalue weighted by atomic mass is 16.5. The Hall–Kier alpha value is -2.89. The Bertz CT molecular complexity index is 728. The molecule has 1 amide bonds. The number of benzene rings is 1. The Balaban J connectivity index is 2.08. The van der Waals surface area contributed by atoms with E-state index in [9.17, 15) is 9.59 Å². The van der Waals surface area contributed by atoms with Crippen molar-refractivity contribution in [1.82, 2.24) is 0 Å². The molecule has 2 rings (SSSR count). The molecule has 1 heterocycles. The van der Waals surface area contributed by atoms with Gasteiger partial charge in [0.1, 0.15) is 0 Å². The number of anilines is 1. The van der Waals surface area contributed by atoms with Crippen molar-refractivity contribution in [3.8, 4) is 11.5 Å². The summed E-state index contributed by atoms with van der Waals surface area (Å²) in [7, 11) is 3.08. The summed E-state index contributed by atoms with van der Waals surface area (Å²) in [5.74, 6) is 0.883. The SMILES string of the molecule is COc1ccc(NC(=O)C[n+]2cccc(C(C)=O)c2)cc1OC. The zero-order valence-electron chi connectivity index (χ0n) is 13.3. The molecule has 0 saturated carbocycles. The minimum absolute atomic E-state index is 0.0420. The number of amides is 1. The summed E-state index contributed by atoms with van der Waals surface area (Å²) < 4.78 is 12.0. The number of carbonyl (C=O) groups excluding carboxylic acids is 2. The van der Waals surface area contributed by atoms with Crippen LogP contribution < -0.4 is 19.4 Å². The Kier molecular flexibility index (Phi) is 5.30. The molecule has 2 aromatic rings. The van der Waals surface area contributed by atoms with E-state index < -0.39 is 0 Å². The van der Waals surface area contributed by atoms with Crippen LogP contribution in [0, 0.1) is 0 Å². The van der Waals surface area contributed by atoms with Crippen LogP contribution in [0.5, 0.6) is 11.5 Å². The van der Waals surface area contributed by atoms with E-state index >= 15 is 0 Å². The molecule has 0 fully saturated rings. The number of aromatic nitrogens is 1. The van der Waals surface area contributed by atoms with E-state index in [0.29, 0.717) is 22.7 Å². The summed E-state index contributed by atoms with van der Waals surface area (Å²) in [6.45, 7) is 1.60. The third kappa shape index (κ3) is 4.29. The first-order chi connectivity index (χ1) is 11.0. The molecule has 0 aliphatic heterocycles. The van der Waals surface area contributed by atoms with Crippen LogP contribution in [0.3, 0.4) is 0 Å². The van der Waals surface area contributed by atoms with E-state index in [-0.39, 0.29) is 18.2 Å². The Morgan fingerprint density at radius 3 is 2.52 bits per heavy atom. The maximum atomic E-state index is 12.1. The van der Waals surface area contributed by atoms with Gasteiger partial charge in [-0.05, 0) is 25.1 Å². The molecule has 0 aliphatic rings. The van der Waals surface area contributed by atoms with Gasteiger partial charge in [-0.3, -0.25) is 9.59 Å². The molecular weight excluding hydrogens is 296 g/mol. The first-order valence-electron chi connectivity index (χ1n) is 7.05. The predicted octanol–water partition coefficient (Wildman–Crippen LogP) is 1.83. The normalized spacial score (nSPS) is 10.0. The third-order valence-electron chi connectivity index (χ3n) is 3.26. The van der Waals surface area contributed by atoms with Crippen LogP contribution in [-0.4, -0.2) is 25.9 Å². The molecule has 120 valence electrons. The van der Waals surface area contributed by atoms with Gasteiger partial charge >= 0.3 is 0 Å². The second kappa shape index (κ2) is 7.40. The molecule has 0 unspecified atom stereocenters. The van der Waals surface area contributed by atoms with Gasteiger partial charge in [-0.2, -0.15) is 4.57 Å². The standard InChI is InChI=1S/C17H18N2O4/c1-12(20)13-5-4-8-19(10-13)11-17(21)18-14-6-7-15(22-2)16(9-14)23-3/h4-10H,11H2,1-3H3/p+1. The molecule has 0 bridgehead atoms. The molecule has 0 radical (unpaired) electrons. The molecule has 1 aromatic heterocycles. The monoisotopic (exact) mass is 315 g/mol. The number of nitrogens with one attached hydrogen (secondary N) is 1. The van der Waals surface area contributed by atoms with Gasteiger partial charge in [-0.1, -0.05) is 0 Å². The van der Waals surface area contributed by atoms with Crippen molar-refractivity contribution in [2.24, 2.45) is 0 Å². The average molecular weight is 315 g/mol. The first kappa shape index (κ1) is 16.5. The molecule has 0 aliphatic carbocycles. The highest BCUT2D eigenvalue weighted by Crippen LogP contribution is 2.29. The molecule has 0 spiro atoms. The van der Waals surface area contributed by atoms with Gasteiger partial charge in [0.2, 0.25) is 6.54 Å². The summed E-state index contributed by atoms with van der Waals surface area (Å²) in [5.41, 5.74) is 1.17. The summed E-state index contributed by atoms with van der Waals surface area (Å²) in [4.78, 5) is 23.5. The van der Waals surface area contributed by atoms with Gasteiger partial charge in [0.15, 0.2) is 29.7 Å². The molecule has 0 saturated heterocycles. The number of carbonyl (C=O) groups is 2. The highest BCUT2D eigenvalue weighted by molar-refractivity contribution is 5.93. The maximum Gasteiger partial charge on any atom is 0.290 e. The summed E-state index contributed by atoms with van der Waals surface area (Å²) in [6.07, 6.45) is 3.39. The van der Waals surface area contributed by atoms with Gasteiger partial charge in [0.05, 0.1) is 19.8 Å². The van der Waals surface area contributed by atoms with Gasteiger partial charge in [0, 0.05) is 17.8 Å². The molecule has 23 heavy (non-hydrogen) atoms. The Morgan fingerprint density at radius 2 is 1.87 bits per heavy atom. The van der Waals surface area contributed by atoms with Crippen LogP contribution >= 0.6 is 0 Å². The van der Waals surface area contributed by atoms with E-state index in [1.165, 1.54) is 14.0 Å². The number of nitrogens with zero attached hydrogens (tertiary/aromatic N) is 1. The van der Waals surface area contributed by atoms with Crippen LogP contribution in [0.15, 0.2) is 42.7 Å². The van der Waals surface area contributed by atoms with E-state index in [0.717, 1.165) is 0 Å². The topological polar surface area (TPSA) is 68.5 Å². The zero-order valence-corrected chi connectivity index (χ0v) is 13.3. The lowest BCUT2D eigenvalue weighted by Gasteiger charge is -2.09. The molecule has 6 nitrogen and oxygen atoms in total. The van der Waals surface area contributed by atoms with Crippen LogP contribution in [0.4, 0.5) is 5.69 Å². The number of hydrogen-bond donors (Lipinski definition) is 1. The lowest BCUT2D eigenvalue weighted by atomic mass is 10.2. The number of rotatable bonds is 6. The van der Waals surface area contributed by atoms with Crippen molar-refractivity contribution in [3.63, 3.8) is 0 Å². The summed E-state index contributed by atoms with van der Waals surface area (Å²) in [5, 5.41) is 2.78. The number of methoxy groups -OCH3 is 2. The van der Waals surface area contributed by atoms with Crippen molar-refractivity contribution in [3.05, 3.63) is 48.3 Å². The molecular formula is C17H19N2O4+. The predicted molar refractivity (Wildman–Crippen MR) is 84.8 cm³/mol. The van der Waals surface area contributed by atoms with Crippen molar-refractivity contribution >= 4 is 17.4 Å². The molecule has 1 aromatic carbocycles. The Morgan fingerprint density at radius 1 is 1.13 bits per heavy atom. The van der Waals surface area contributed by atoms with E-state index in [1.54, 1.807) is 54.4 Å². The fourth-order valence-electron chi connectivity index (χ4n) is 2.11. The maximum absolute atomic E-state index is 12.1. The molecule has 1 N–H and O–H groups in total. The molecule has 0 atom stereocenters. The summed E-state index contributed by atoms with van der Waals surface area (Å²) >= 11 is 0. The van der Waals surface area contributed by atoms with E-state index in [1.807, 2.05) is 0 Å². The van der Waals surface area contributed by atoms with E-state index in [4.69, 9.17) is 9.47 Å². The quantitative estimate of drug-likeness (QED) is 0.652. The van der Waals surface area contributed by atoms with Crippen molar-refractivity contribution in [2.45, 2.75) is 13.5 Å². The van der Waals surface area contributed by atoms with Gasteiger partial charge in [0.25, 0.3) is 5.91 Å². The van der Waals surface area contributed by atoms with E-state index in [2.05, 4.69) is 5.32 Å². The average Bonchev–Trinajstić information content (AvgIpc) is 2.54. The largest absolute Gasteiger partial charge is 0.493 e. The van der Waals surface area contributed by atoms with Crippen LogP contribution in [-0.2, 0) is 11.3 Å². The number of pyridine rings is 1. The van der Waals surface area contributed by atoms with Crippen molar-refractivity contribution in [2.75, 3.05) is 19.5 Å². The Labute approximate surface area is 134 Å². The van der Waals surface area contributed by atoms with Crippen LogP contribution in [0.2, 0.25) is 0 Å². The second-order valence-electron chi connectivity index (χ2n) is 4.94. The van der Waals surface area contributed by atoms with Gasteiger partial charge in [-0.15, -0.1) is 0 Å². The number of ketones is 1. The number of hydrogen-bond acceptors (Lipinski definition) is 4. The lowest BCUT2D eigenvalue weighted by Crippen LogP contribution is -2.40. The minimum atomic E-state index is -0.206. The second-order valence-corrected chi connectivity index (χ2v) is 4.94. The smallest absolute Gasteiger partial charge is 0.290 e. The minimum Gasteiger partial charge on any atom is -0.493 e. The zero-order chi connectivity index (χ0) is 16.8. The summed E-state index contributed by atoms with van der Waals surface area (Å²) in [6, 6.07) is 8.59. The fourth-order valence-corrected chi connectivity index (χ4v) is 2.11. The van der Waals surface area contributed by atoms with Crippen molar-refractivity contribution in [1.29, 1.82) is 0 Å². The first-order valence-corrected chi connectivity index (χ1v) is 7.05. The fraction of sp³-hybridized carbons (Fsp3) is 0.235. The lowest BCUT2D eigenvalue weighted by molar-refractivity contribution is -0.684. The van der Waals surface area contributed by atoms with Crippen molar-refractivity contribution < 1.29 is 23.6 Å².